The molecule has 82 valence electrons. The van der Waals surface area contributed by atoms with Crippen LogP contribution in [0.1, 0.15) is 17.3 Å². The molecule has 0 aliphatic heterocycles. The van der Waals surface area contributed by atoms with Gasteiger partial charge in [-0.2, -0.15) is 0 Å². The van der Waals surface area contributed by atoms with E-state index in [4.69, 9.17) is 0 Å². The van der Waals surface area contributed by atoms with Crippen molar-refractivity contribution in [3.63, 3.8) is 0 Å². The van der Waals surface area contributed by atoms with E-state index >= 15 is 0 Å². The molecule has 16 heavy (non-hydrogen) atoms. The zero-order valence-electron chi connectivity index (χ0n) is 8.53. The van der Waals surface area contributed by atoms with Crippen LogP contribution in [0.25, 0.3) is 0 Å². The van der Waals surface area contributed by atoms with Crippen LogP contribution in [0.4, 0.5) is 21.7 Å². The first-order valence-electron chi connectivity index (χ1n) is 3.93. The summed E-state index contributed by atoms with van der Waals surface area (Å²) in [4.78, 5) is 10.7. The third kappa shape index (κ3) is 3.63. The fourth-order valence-electron chi connectivity index (χ4n) is 1.09. The molecular weight excluding hydrogens is 257 g/mol. The van der Waals surface area contributed by atoms with Crippen LogP contribution in [0.15, 0.2) is 12.1 Å². The van der Waals surface area contributed by atoms with Crippen LogP contribution in [0, 0.1) is 11.6 Å². The Hall–Kier alpha value is 0.241. The van der Waals surface area contributed by atoms with Crippen molar-refractivity contribution in [3.05, 3.63) is 29.3 Å². The Kier molecular flexibility index (Phi) is 5.81. The van der Waals surface area contributed by atoms with Crippen molar-refractivity contribution in [2.75, 3.05) is 0 Å². The maximum Gasteiger partial charge on any atom is 1.00 e. The molecule has 0 N–H and O–H groups in total. The number of ketones is 1. The number of carbonyl (C=O) groups is 1. The van der Waals surface area contributed by atoms with Gasteiger partial charge in [0.1, 0.15) is 5.82 Å². The van der Waals surface area contributed by atoms with Crippen molar-refractivity contribution >= 4 is 18.2 Å². The molecule has 0 aliphatic carbocycles. The van der Waals surface area contributed by atoms with E-state index in [9.17, 15) is 26.5 Å². The van der Waals surface area contributed by atoms with Gasteiger partial charge in [-0.3, -0.25) is 4.79 Å². The molecule has 0 saturated heterocycles. The predicted molar refractivity (Wildman–Crippen MR) is 45.1 cm³/mol. The summed E-state index contributed by atoms with van der Waals surface area (Å²) in [6.07, 6.45) is 0. The molecule has 1 rings (SSSR count). The van der Waals surface area contributed by atoms with Crippen molar-refractivity contribution < 1.29 is 77.9 Å². The molecule has 0 radical (unpaired) electrons. The Balaban J connectivity index is 0.00000225. The quantitative estimate of drug-likeness (QED) is 0.388. The number of hydrogen-bond donors (Lipinski definition) is 0. The predicted octanol–water partition coefficient (Wildman–Crippen LogP) is -0.774. The van der Waals surface area contributed by atoms with E-state index in [1.165, 1.54) is 0 Å². The number of rotatable bonds is 2. The van der Waals surface area contributed by atoms with Gasteiger partial charge >= 0.3 is 58.4 Å². The average Bonchev–Trinajstić information content (AvgIpc) is 2.00. The first-order valence-corrected chi connectivity index (χ1v) is 3.93. The Morgan fingerprint density at radius 3 is 2.00 bits per heavy atom. The molecule has 0 fully saturated rings. The third-order valence-electron chi connectivity index (χ3n) is 1.82. The molecule has 1 nitrogen and oxygen atoms in total. The van der Waals surface area contributed by atoms with Crippen LogP contribution < -0.4 is 56.8 Å². The number of benzene rings is 1. The molecule has 0 amide bonds. The summed E-state index contributed by atoms with van der Waals surface area (Å²) in [7, 11) is 0. The van der Waals surface area contributed by atoms with Crippen molar-refractivity contribution in [2.24, 2.45) is 0 Å². The van der Waals surface area contributed by atoms with E-state index in [0.717, 1.165) is 6.92 Å². The number of Topliss-reactive ketones (excluding diaryl/α,β-unsaturated/α-hetero) is 1. The Morgan fingerprint density at radius 1 is 1.12 bits per heavy atom. The van der Waals surface area contributed by atoms with E-state index in [1.54, 1.807) is 0 Å². The molecule has 0 atom stereocenters. The summed E-state index contributed by atoms with van der Waals surface area (Å²) in [5.74, 6) is -3.87. The smallest absolute Gasteiger partial charge is 0.445 e. The van der Waals surface area contributed by atoms with Crippen molar-refractivity contribution in [2.45, 2.75) is 6.92 Å². The van der Waals surface area contributed by atoms with E-state index in [0.29, 0.717) is 0 Å². The minimum Gasteiger partial charge on any atom is -0.445 e. The monoisotopic (exact) mass is 262 g/mol. The molecule has 0 unspecified atom stereocenters. The molecule has 0 saturated carbocycles. The molecule has 0 spiro atoms. The summed E-state index contributed by atoms with van der Waals surface area (Å²) in [6, 6.07) is 0.272. The zero-order chi connectivity index (χ0) is 11.8. The van der Waals surface area contributed by atoms with Gasteiger partial charge in [-0.05, 0) is 6.92 Å². The molecule has 0 aromatic heterocycles. The van der Waals surface area contributed by atoms with Crippen LogP contribution in [0.5, 0.6) is 0 Å². The summed E-state index contributed by atoms with van der Waals surface area (Å²) < 4.78 is 62.2. The number of halogens is 5. The van der Waals surface area contributed by atoms with Gasteiger partial charge in [0.05, 0.1) is 11.4 Å². The SMILES string of the molecule is CC(=O)c1cc([B-](F)(F)F)c(F)cc1F.[K+]. The largest absolute Gasteiger partial charge is 1.00 e. The molecular formula is C8H5BF5KO. The zero-order valence-corrected chi connectivity index (χ0v) is 11.7. The van der Waals surface area contributed by atoms with E-state index in [-0.39, 0.29) is 63.5 Å². The summed E-state index contributed by atoms with van der Waals surface area (Å²) in [5.41, 5.74) is -2.34. The third-order valence-corrected chi connectivity index (χ3v) is 1.82. The number of carbonyl (C=O) groups excluding carboxylic acids is 1. The summed E-state index contributed by atoms with van der Waals surface area (Å²) in [5, 5.41) is 0. The van der Waals surface area contributed by atoms with E-state index in [2.05, 4.69) is 0 Å². The maximum absolute atomic E-state index is 12.8. The standard InChI is InChI=1S/C8H5BF5O.K/c1-4(15)5-2-6(9(12,13)14)8(11)3-7(5)10;/h2-3H,1H3;/q-1;+1. The van der Waals surface area contributed by atoms with Gasteiger partial charge < -0.3 is 12.9 Å². The van der Waals surface area contributed by atoms with Gasteiger partial charge in [0.25, 0.3) is 0 Å². The van der Waals surface area contributed by atoms with Crippen molar-refractivity contribution in [1.29, 1.82) is 0 Å². The molecule has 8 heteroatoms. The molecule has 1 aromatic carbocycles. The second-order valence-electron chi connectivity index (χ2n) is 2.98. The summed E-state index contributed by atoms with van der Waals surface area (Å²) >= 11 is 0. The van der Waals surface area contributed by atoms with Crippen LogP contribution in [0.2, 0.25) is 0 Å². The Bertz CT molecular complexity index is 418. The van der Waals surface area contributed by atoms with Gasteiger partial charge in [-0.15, -0.1) is 0 Å². The van der Waals surface area contributed by atoms with Crippen molar-refractivity contribution in [1.82, 2.24) is 0 Å². The van der Waals surface area contributed by atoms with Crippen LogP contribution in [0.3, 0.4) is 0 Å². The Morgan fingerprint density at radius 2 is 1.62 bits per heavy atom. The van der Waals surface area contributed by atoms with E-state index < -0.39 is 35.4 Å². The van der Waals surface area contributed by atoms with E-state index in [1.807, 2.05) is 0 Å². The van der Waals surface area contributed by atoms with Gasteiger partial charge in [0.15, 0.2) is 5.78 Å². The first kappa shape index (κ1) is 16.2. The molecule has 0 aliphatic rings. The van der Waals surface area contributed by atoms with Gasteiger partial charge in [0, 0.05) is 6.07 Å². The van der Waals surface area contributed by atoms with Crippen LogP contribution in [-0.2, 0) is 0 Å². The topological polar surface area (TPSA) is 17.1 Å². The minimum atomic E-state index is -5.59. The fourth-order valence-corrected chi connectivity index (χ4v) is 1.09. The summed E-state index contributed by atoms with van der Waals surface area (Å²) in [6.45, 7) is -4.68. The average molecular weight is 262 g/mol. The minimum absolute atomic E-state index is 0. The van der Waals surface area contributed by atoms with Crippen molar-refractivity contribution in [3.8, 4) is 0 Å². The van der Waals surface area contributed by atoms with Gasteiger partial charge in [-0.25, -0.2) is 8.78 Å². The molecule has 0 heterocycles. The fraction of sp³-hybridized carbons (Fsp3) is 0.125. The normalized spacial score (nSPS) is 10.9. The second kappa shape index (κ2) is 5.72. The molecule has 0 bridgehead atoms. The Labute approximate surface area is 131 Å². The van der Waals surface area contributed by atoms with Gasteiger partial charge in [0.2, 0.25) is 0 Å². The number of hydrogen-bond acceptors (Lipinski definition) is 1. The second-order valence-corrected chi connectivity index (χ2v) is 2.98. The van der Waals surface area contributed by atoms with Crippen LogP contribution >= 0.6 is 0 Å². The molecule has 1 aromatic rings. The first-order chi connectivity index (χ1) is 6.73. The van der Waals surface area contributed by atoms with Crippen LogP contribution in [-0.4, -0.2) is 12.8 Å². The maximum atomic E-state index is 12.8. The van der Waals surface area contributed by atoms with Gasteiger partial charge in [-0.1, -0.05) is 11.5 Å².